The van der Waals surface area contributed by atoms with Gasteiger partial charge in [0.15, 0.2) is 11.6 Å². The first kappa shape index (κ1) is 58.4. The highest BCUT2D eigenvalue weighted by molar-refractivity contribution is 7.79. The van der Waals surface area contributed by atoms with E-state index in [1.165, 1.54) is 31.4 Å². The van der Waals surface area contributed by atoms with Crippen molar-refractivity contribution >= 4 is 22.0 Å². The molecule has 1 aliphatic rings. The Balaban J connectivity index is 0.00000154. The highest BCUT2D eigenvalue weighted by Gasteiger charge is 2.72. The first-order chi connectivity index (χ1) is 40.6. The number of aryl methyl sites for hydroxylation is 1. The van der Waals surface area contributed by atoms with Crippen molar-refractivity contribution in [3.8, 4) is 51.4 Å². The summed E-state index contributed by atoms with van der Waals surface area (Å²) in [5.74, 6) is 2.19. The molecule has 0 saturated heterocycles. The number of halogens is 6. The molecular weight excluding hydrogens is 1120 g/mol. The minimum Gasteiger partial charge on any atom is -0.497 e. The van der Waals surface area contributed by atoms with Crippen molar-refractivity contribution in [2.24, 2.45) is 0 Å². The molecule has 11 rings (SSSR count). The van der Waals surface area contributed by atoms with Gasteiger partial charge in [-0.3, -0.25) is 18.7 Å². The smallest absolute Gasteiger partial charge is 0.411 e. The Labute approximate surface area is 484 Å². The summed E-state index contributed by atoms with van der Waals surface area (Å²) < 4.78 is 143. The molecule has 0 heterocycles. The van der Waals surface area contributed by atoms with Crippen molar-refractivity contribution < 1.29 is 72.4 Å². The van der Waals surface area contributed by atoms with Gasteiger partial charge in [0, 0.05) is 22.3 Å². The van der Waals surface area contributed by atoms with Crippen LogP contribution in [0.3, 0.4) is 0 Å². The van der Waals surface area contributed by atoms with Gasteiger partial charge in [0.2, 0.25) is 5.41 Å². The summed E-state index contributed by atoms with van der Waals surface area (Å²) in [4.78, 5) is 26.7. The van der Waals surface area contributed by atoms with E-state index in [1.54, 1.807) is 48.5 Å². The first-order valence-corrected chi connectivity index (χ1v) is 27.5. The zero-order chi connectivity index (χ0) is 60.3. The van der Waals surface area contributed by atoms with Crippen LogP contribution in [0.4, 0.5) is 26.3 Å². The van der Waals surface area contributed by atoms with E-state index in [2.05, 4.69) is 60.7 Å². The lowest BCUT2D eigenvalue weighted by atomic mass is 9.68. The molecule has 0 amide bonds. The molecule has 1 aliphatic carbocycles. The average molecular weight is 1170 g/mol. The Kier molecular flexibility index (Phi) is 16.1. The minimum absolute atomic E-state index is 0.0223. The Hall–Kier alpha value is -9.81. The molecule has 10 nitrogen and oxygen atoms in total. The topological polar surface area (TPSA) is 146 Å². The predicted octanol–water partition coefficient (Wildman–Crippen LogP) is 17.0. The van der Waals surface area contributed by atoms with E-state index < -0.39 is 44.7 Å². The lowest BCUT2D eigenvalue weighted by Gasteiger charge is -2.38. The average Bonchev–Trinajstić information content (AvgIpc) is 1.78. The third-order valence-electron chi connectivity index (χ3n) is 14.6. The van der Waals surface area contributed by atoms with Gasteiger partial charge < -0.3 is 18.9 Å². The normalized spacial score (nSPS) is 12.6. The van der Waals surface area contributed by atoms with Crippen LogP contribution in [0.2, 0.25) is 0 Å². The van der Waals surface area contributed by atoms with Crippen molar-refractivity contribution in [3.05, 3.63) is 304 Å². The van der Waals surface area contributed by atoms with Crippen LogP contribution in [0.15, 0.2) is 243 Å². The fourth-order valence-electron chi connectivity index (χ4n) is 10.6. The summed E-state index contributed by atoms with van der Waals surface area (Å²) >= 11 is 0. The van der Waals surface area contributed by atoms with E-state index in [-0.39, 0.29) is 28.8 Å². The van der Waals surface area contributed by atoms with E-state index in [9.17, 15) is 35.9 Å². The number of methoxy groups -OCH3 is 1. The molecule has 0 saturated carbocycles. The summed E-state index contributed by atoms with van der Waals surface area (Å²) in [7, 11) is -3.41. The second-order valence-corrected chi connectivity index (χ2v) is 20.6. The zero-order valence-corrected chi connectivity index (χ0v) is 45.7. The number of carbonyl (C=O) groups is 2. The maximum Gasteiger partial charge on any atom is 0.411 e. The van der Waals surface area contributed by atoms with Crippen LogP contribution >= 0.6 is 0 Å². The second kappa shape index (κ2) is 23.4. The molecule has 85 heavy (non-hydrogen) atoms. The van der Waals surface area contributed by atoms with Crippen LogP contribution in [0.5, 0.6) is 40.2 Å². The number of benzene rings is 10. The molecular formula is C68H48F6O10S. The van der Waals surface area contributed by atoms with Gasteiger partial charge in [-0.1, -0.05) is 127 Å². The summed E-state index contributed by atoms with van der Waals surface area (Å²) in [6.45, 7) is 1.98. The standard InChI is InChI=1S/C68H46F6O6.H2O4S/c1-43-11-13-44(14-12-43)63(75)45-15-29-53(30-16-45)78-56-37-21-48(22-38-56)65(61-9-5-3-7-59(61)60-8-4-6-10-62(60)65)49-23-39-57(40-24-49)79-54-31-17-46(18-32-54)64(76)47-19-33-55(34-20-47)80-58-41-27-51(28-42-58)66(67(69,70)71,68(72,73)74)50-25-35-52(77-2)36-26-50;1-5(2,3)4/h3-42H,1-2H3;(H2,1,2,3,4). The molecule has 10 aromatic rings. The molecule has 0 radical (unpaired) electrons. The van der Waals surface area contributed by atoms with Gasteiger partial charge in [0.05, 0.1) is 12.5 Å². The third kappa shape index (κ3) is 11.9. The van der Waals surface area contributed by atoms with Crippen molar-refractivity contribution in [2.75, 3.05) is 7.11 Å². The molecule has 10 aromatic carbocycles. The van der Waals surface area contributed by atoms with E-state index in [1.807, 2.05) is 67.6 Å². The molecule has 0 atom stereocenters. The summed E-state index contributed by atoms with van der Waals surface area (Å²) in [6, 6.07) is 67.3. The van der Waals surface area contributed by atoms with E-state index >= 15 is 0 Å². The van der Waals surface area contributed by atoms with Gasteiger partial charge in [0.1, 0.15) is 40.2 Å². The summed E-state index contributed by atoms with van der Waals surface area (Å²) in [5, 5.41) is 0. The number of hydrogen-bond acceptors (Lipinski definition) is 8. The van der Waals surface area contributed by atoms with Crippen molar-refractivity contribution in [1.82, 2.24) is 0 Å². The Morgan fingerprint density at radius 1 is 0.388 bits per heavy atom. The van der Waals surface area contributed by atoms with E-state index in [4.69, 9.17) is 36.5 Å². The minimum atomic E-state index is -5.76. The lowest BCUT2D eigenvalue weighted by Crippen LogP contribution is -2.54. The summed E-state index contributed by atoms with van der Waals surface area (Å²) in [5.41, 5.74) is 2.41. The van der Waals surface area contributed by atoms with Crippen LogP contribution in [0.1, 0.15) is 70.8 Å². The number of fused-ring (bicyclic) bond motifs is 3. The van der Waals surface area contributed by atoms with Gasteiger partial charge in [-0.25, -0.2) is 0 Å². The highest BCUT2D eigenvalue weighted by Crippen LogP contribution is 2.58. The lowest BCUT2D eigenvalue weighted by molar-refractivity contribution is -0.288. The van der Waals surface area contributed by atoms with Crippen LogP contribution < -0.4 is 18.9 Å². The summed E-state index contributed by atoms with van der Waals surface area (Å²) in [6.07, 6.45) is -11.5. The van der Waals surface area contributed by atoms with E-state index in [0.717, 1.165) is 87.5 Å². The molecule has 2 N–H and O–H groups in total. The van der Waals surface area contributed by atoms with Gasteiger partial charge in [0.25, 0.3) is 0 Å². The van der Waals surface area contributed by atoms with Gasteiger partial charge in [-0.05, 0) is 173 Å². The number of rotatable bonds is 15. The Bertz CT molecular complexity index is 4070. The molecule has 0 spiro atoms. The van der Waals surface area contributed by atoms with Gasteiger partial charge in [-0.2, -0.15) is 34.8 Å². The molecule has 0 aliphatic heterocycles. The molecule has 0 aromatic heterocycles. The number of alkyl halides is 6. The molecule has 17 heteroatoms. The van der Waals surface area contributed by atoms with Crippen molar-refractivity contribution in [2.45, 2.75) is 30.1 Å². The molecule has 0 fully saturated rings. The van der Waals surface area contributed by atoms with Gasteiger partial charge >= 0.3 is 22.8 Å². The van der Waals surface area contributed by atoms with Crippen LogP contribution in [-0.4, -0.2) is 48.6 Å². The molecule has 0 unspecified atom stereocenters. The fourth-order valence-corrected chi connectivity index (χ4v) is 10.6. The maximum absolute atomic E-state index is 14.7. The predicted molar refractivity (Wildman–Crippen MR) is 308 cm³/mol. The first-order valence-electron chi connectivity index (χ1n) is 26.1. The largest absolute Gasteiger partial charge is 0.497 e. The Morgan fingerprint density at radius 2 is 0.647 bits per heavy atom. The number of carbonyl (C=O) groups excluding carboxylic acids is 2. The van der Waals surface area contributed by atoms with Crippen molar-refractivity contribution in [1.29, 1.82) is 0 Å². The van der Waals surface area contributed by atoms with Gasteiger partial charge in [-0.15, -0.1) is 0 Å². The van der Waals surface area contributed by atoms with Crippen LogP contribution in [0.25, 0.3) is 11.1 Å². The van der Waals surface area contributed by atoms with Crippen LogP contribution in [-0.2, 0) is 21.2 Å². The van der Waals surface area contributed by atoms with E-state index in [0.29, 0.717) is 45.3 Å². The van der Waals surface area contributed by atoms with Crippen molar-refractivity contribution in [3.63, 3.8) is 0 Å². The number of ether oxygens (including phenoxy) is 4. The Morgan fingerprint density at radius 3 is 0.941 bits per heavy atom. The SMILES string of the molecule is COc1ccc(C(c2ccc(Oc3ccc(C(=O)c4ccc(Oc5ccc(C6(c7ccc(Oc8ccc(C(=O)c9ccc(C)cc9)cc8)cc7)c7ccccc7-c7ccccc76)cc5)cc4)cc3)cc2)(C(F)(F)F)C(F)(F)F)cc1.O=S(=O)(O)O. The highest BCUT2D eigenvalue weighted by atomic mass is 32.3. The second-order valence-electron chi connectivity index (χ2n) is 19.7. The fraction of sp³-hybridized carbons (Fsp3) is 0.0882. The number of hydrogen-bond donors (Lipinski definition) is 2. The third-order valence-corrected chi connectivity index (χ3v) is 14.6. The zero-order valence-electron chi connectivity index (χ0n) is 44.9. The number of ketones is 2. The van der Waals surface area contributed by atoms with Crippen LogP contribution in [0, 0.1) is 6.92 Å². The quantitative estimate of drug-likeness (QED) is 0.0578. The monoisotopic (exact) mass is 1170 g/mol. The molecule has 0 bridgehead atoms. The molecule has 428 valence electrons. The maximum atomic E-state index is 14.7.